The molecule has 0 aromatic carbocycles. The van der Waals surface area contributed by atoms with Crippen LogP contribution < -0.4 is 11.2 Å². The highest BCUT2D eigenvalue weighted by atomic mass is 32.2. The van der Waals surface area contributed by atoms with Crippen LogP contribution in [0.1, 0.15) is 5.56 Å². The van der Waals surface area contributed by atoms with Gasteiger partial charge in [-0.3, -0.25) is 18.8 Å². The second-order valence-electron chi connectivity index (χ2n) is 6.25. The van der Waals surface area contributed by atoms with Crippen LogP contribution in [0.3, 0.4) is 0 Å². The number of morpholine rings is 1. The van der Waals surface area contributed by atoms with Crippen molar-refractivity contribution in [2.45, 2.75) is 11.5 Å². The lowest BCUT2D eigenvalue weighted by Crippen LogP contribution is -2.38. The molecule has 2 aromatic heterocycles. The van der Waals surface area contributed by atoms with Crippen LogP contribution in [0.15, 0.2) is 20.7 Å². The zero-order valence-electron chi connectivity index (χ0n) is 15.4. The van der Waals surface area contributed by atoms with Crippen molar-refractivity contribution in [2.24, 2.45) is 14.1 Å². The highest BCUT2D eigenvalue weighted by molar-refractivity contribution is 7.99. The van der Waals surface area contributed by atoms with E-state index in [1.165, 1.54) is 11.6 Å². The van der Waals surface area contributed by atoms with E-state index < -0.39 is 0 Å². The lowest BCUT2D eigenvalue weighted by molar-refractivity contribution is 0.0410. The molecular weight excluding hydrogens is 356 g/mol. The van der Waals surface area contributed by atoms with Gasteiger partial charge in [0, 0.05) is 63.2 Å². The van der Waals surface area contributed by atoms with Crippen molar-refractivity contribution in [1.29, 1.82) is 0 Å². The first-order valence-corrected chi connectivity index (χ1v) is 9.52. The van der Waals surface area contributed by atoms with Crippen molar-refractivity contribution in [2.75, 3.05) is 45.7 Å². The molecule has 0 aliphatic carbocycles. The fourth-order valence-electron chi connectivity index (χ4n) is 3.07. The molecule has 0 bridgehead atoms. The number of ether oxygens (including phenoxy) is 2. The van der Waals surface area contributed by atoms with Crippen LogP contribution in [0.2, 0.25) is 0 Å². The molecule has 0 unspecified atom stereocenters. The average Bonchev–Trinajstić information content (AvgIpc) is 2.66. The number of rotatable bonds is 6. The van der Waals surface area contributed by atoms with Gasteiger partial charge in [0.15, 0.2) is 0 Å². The fourth-order valence-corrected chi connectivity index (χ4v) is 4.24. The molecule has 1 saturated heterocycles. The summed E-state index contributed by atoms with van der Waals surface area (Å²) in [5.74, 6) is 0.835. The Kier molecular flexibility index (Phi) is 6.13. The average molecular weight is 380 g/mol. The van der Waals surface area contributed by atoms with Crippen molar-refractivity contribution >= 4 is 22.8 Å². The van der Waals surface area contributed by atoms with Gasteiger partial charge in [-0.05, 0) is 0 Å². The lowest BCUT2D eigenvalue weighted by atomic mass is 10.2. The molecule has 0 amide bonds. The summed E-state index contributed by atoms with van der Waals surface area (Å²) < 4.78 is 13.2. The molecule has 1 aliphatic heterocycles. The minimum atomic E-state index is -0.376. The van der Waals surface area contributed by atoms with E-state index in [-0.39, 0.29) is 11.2 Å². The van der Waals surface area contributed by atoms with Gasteiger partial charge in [0.05, 0.1) is 25.2 Å². The number of aryl methyl sites for hydroxylation is 1. The first-order chi connectivity index (χ1) is 12.5. The topological polar surface area (TPSA) is 78.6 Å². The maximum atomic E-state index is 12.8. The number of thioether (sulfide) groups is 1. The van der Waals surface area contributed by atoms with E-state index in [9.17, 15) is 9.59 Å². The van der Waals surface area contributed by atoms with E-state index in [0.29, 0.717) is 17.6 Å². The molecule has 9 heteroatoms. The summed E-state index contributed by atoms with van der Waals surface area (Å²) in [4.78, 5) is 32.5. The summed E-state index contributed by atoms with van der Waals surface area (Å²) in [6, 6.07) is 0. The van der Waals surface area contributed by atoms with Crippen LogP contribution in [0.4, 0.5) is 0 Å². The van der Waals surface area contributed by atoms with E-state index in [0.717, 1.165) is 53.6 Å². The SMILES string of the molecule is COCc1cnc2c(c1SCCN1CCOCC1)c(=O)n(C)c(=O)n2C. The molecule has 0 N–H and O–H groups in total. The Balaban J connectivity index is 1.98. The van der Waals surface area contributed by atoms with Crippen LogP contribution in [-0.2, 0) is 30.2 Å². The third kappa shape index (κ3) is 3.71. The highest BCUT2D eigenvalue weighted by Crippen LogP contribution is 2.28. The molecule has 2 aromatic rings. The summed E-state index contributed by atoms with van der Waals surface area (Å²) in [5.41, 5.74) is 0.579. The summed E-state index contributed by atoms with van der Waals surface area (Å²) >= 11 is 1.62. The minimum Gasteiger partial charge on any atom is -0.380 e. The minimum absolute atomic E-state index is 0.317. The molecule has 0 atom stereocenters. The van der Waals surface area contributed by atoms with E-state index >= 15 is 0 Å². The van der Waals surface area contributed by atoms with Crippen molar-refractivity contribution < 1.29 is 9.47 Å². The Labute approximate surface area is 155 Å². The molecule has 0 saturated carbocycles. The van der Waals surface area contributed by atoms with Gasteiger partial charge in [-0.15, -0.1) is 11.8 Å². The second kappa shape index (κ2) is 8.34. The van der Waals surface area contributed by atoms with Gasteiger partial charge in [-0.2, -0.15) is 0 Å². The van der Waals surface area contributed by atoms with Gasteiger partial charge >= 0.3 is 5.69 Å². The Hall–Kier alpha value is -1.68. The molecular formula is C17H24N4O4S. The zero-order valence-corrected chi connectivity index (χ0v) is 16.2. The predicted molar refractivity (Wildman–Crippen MR) is 101 cm³/mol. The van der Waals surface area contributed by atoms with Crippen molar-refractivity contribution in [3.8, 4) is 0 Å². The first-order valence-electron chi connectivity index (χ1n) is 8.54. The molecule has 1 fully saturated rings. The standard InChI is InChI=1S/C17H24N4O4S/c1-19-15-13(16(22)20(2)17(19)23)14(12(10-18-15)11-24-3)26-9-6-21-4-7-25-8-5-21/h10H,4-9,11H2,1-3H3. The summed E-state index contributed by atoms with van der Waals surface area (Å²) in [5, 5.41) is 0.483. The molecule has 8 nitrogen and oxygen atoms in total. The van der Waals surface area contributed by atoms with Gasteiger partial charge in [-0.1, -0.05) is 0 Å². The van der Waals surface area contributed by atoms with Crippen molar-refractivity contribution in [3.63, 3.8) is 0 Å². The maximum Gasteiger partial charge on any atom is 0.332 e. The largest absolute Gasteiger partial charge is 0.380 e. The quantitative estimate of drug-likeness (QED) is 0.663. The van der Waals surface area contributed by atoms with Gasteiger partial charge < -0.3 is 9.47 Å². The van der Waals surface area contributed by atoms with Gasteiger partial charge in [-0.25, -0.2) is 9.78 Å². The van der Waals surface area contributed by atoms with Gasteiger partial charge in [0.25, 0.3) is 5.56 Å². The molecule has 0 spiro atoms. The predicted octanol–water partition coefficient (Wildman–Crippen LogP) is 0.203. The molecule has 1 aliphatic rings. The number of fused-ring (bicyclic) bond motifs is 1. The second-order valence-corrected chi connectivity index (χ2v) is 7.36. The smallest absolute Gasteiger partial charge is 0.332 e. The maximum absolute atomic E-state index is 12.8. The number of pyridine rings is 1. The molecule has 3 rings (SSSR count). The van der Waals surface area contributed by atoms with Crippen molar-refractivity contribution in [1.82, 2.24) is 19.0 Å². The lowest BCUT2D eigenvalue weighted by Gasteiger charge is -2.26. The Morgan fingerprint density at radius 2 is 1.96 bits per heavy atom. The monoisotopic (exact) mass is 380 g/mol. The highest BCUT2D eigenvalue weighted by Gasteiger charge is 2.18. The fraction of sp³-hybridized carbons (Fsp3) is 0.588. The van der Waals surface area contributed by atoms with Crippen LogP contribution >= 0.6 is 11.8 Å². The van der Waals surface area contributed by atoms with Crippen LogP contribution in [0.25, 0.3) is 11.0 Å². The van der Waals surface area contributed by atoms with E-state index in [4.69, 9.17) is 9.47 Å². The number of hydrogen-bond acceptors (Lipinski definition) is 7. The Morgan fingerprint density at radius 1 is 1.23 bits per heavy atom. The summed E-state index contributed by atoms with van der Waals surface area (Å²) in [6.07, 6.45) is 1.70. The number of hydrogen-bond donors (Lipinski definition) is 0. The van der Waals surface area contributed by atoms with Gasteiger partial charge in [0.1, 0.15) is 5.65 Å². The normalized spacial score (nSPS) is 15.7. The first kappa shape index (κ1) is 19.1. The van der Waals surface area contributed by atoms with E-state index in [1.54, 1.807) is 32.1 Å². The number of aromatic nitrogens is 3. The van der Waals surface area contributed by atoms with Crippen molar-refractivity contribution in [3.05, 3.63) is 32.6 Å². The molecule has 142 valence electrons. The zero-order chi connectivity index (χ0) is 18.7. The Morgan fingerprint density at radius 3 is 2.65 bits per heavy atom. The molecule has 26 heavy (non-hydrogen) atoms. The van der Waals surface area contributed by atoms with Crippen LogP contribution in [0.5, 0.6) is 0 Å². The van der Waals surface area contributed by atoms with Crippen LogP contribution in [-0.4, -0.2) is 64.7 Å². The molecule has 0 radical (unpaired) electrons. The third-order valence-corrected chi connectivity index (χ3v) is 5.69. The third-order valence-electron chi connectivity index (χ3n) is 4.55. The Bertz CT molecular complexity index is 902. The summed E-state index contributed by atoms with van der Waals surface area (Å²) in [6.45, 7) is 4.67. The van der Waals surface area contributed by atoms with E-state index in [2.05, 4.69) is 9.88 Å². The number of nitrogens with zero attached hydrogens (tertiary/aromatic N) is 4. The number of methoxy groups -OCH3 is 1. The molecule has 3 heterocycles. The van der Waals surface area contributed by atoms with E-state index in [1.807, 2.05) is 0 Å². The summed E-state index contributed by atoms with van der Waals surface area (Å²) in [7, 11) is 4.75. The van der Waals surface area contributed by atoms with Gasteiger partial charge in [0.2, 0.25) is 0 Å². The van der Waals surface area contributed by atoms with Crippen LogP contribution in [0, 0.1) is 0 Å².